The molecule has 4 rings (SSSR count). The van der Waals surface area contributed by atoms with E-state index in [9.17, 15) is 31.1 Å². The summed E-state index contributed by atoms with van der Waals surface area (Å²) in [6.07, 6.45) is -7.48. The molecule has 0 saturated heterocycles. The van der Waals surface area contributed by atoms with E-state index in [2.05, 4.69) is 20.1 Å². The van der Waals surface area contributed by atoms with Gasteiger partial charge in [-0.2, -0.15) is 0 Å². The molecule has 3 aromatic carbocycles. The average Bonchev–Trinajstić information content (AvgIpc) is 2.80. The van der Waals surface area contributed by atoms with E-state index in [0.29, 0.717) is 5.56 Å². The van der Waals surface area contributed by atoms with E-state index < -0.39 is 35.8 Å². The molecule has 1 saturated carbocycles. The second-order valence-electron chi connectivity index (χ2n) is 8.95. The van der Waals surface area contributed by atoms with Crippen LogP contribution in [-0.2, 0) is 12.0 Å². The van der Waals surface area contributed by atoms with Gasteiger partial charge in [0.2, 0.25) is 0 Å². The molecule has 2 N–H and O–H groups in total. The maximum absolute atomic E-state index is 13.2. The summed E-state index contributed by atoms with van der Waals surface area (Å²) in [6.45, 7) is 0. The number of rotatable bonds is 8. The SMILES string of the molecule is O=C(NC1CCC1)NC(Cc1ccccc1)(c1cccc(OC(F)(F)F)c1)c1cccc(OC(F)(F)F)c1. The van der Waals surface area contributed by atoms with Crippen LogP contribution in [0, 0.1) is 0 Å². The molecule has 0 bridgehead atoms. The lowest BCUT2D eigenvalue weighted by atomic mass is 9.77. The number of halogens is 6. The molecule has 5 nitrogen and oxygen atoms in total. The van der Waals surface area contributed by atoms with Gasteiger partial charge in [0.1, 0.15) is 11.5 Å². The summed E-state index contributed by atoms with van der Waals surface area (Å²) in [6, 6.07) is 18.0. The van der Waals surface area contributed by atoms with Gasteiger partial charge < -0.3 is 20.1 Å². The summed E-state index contributed by atoms with van der Waals surface area (Å²) < 4.78 is 86.4. The Kier molecular flexibility index (Phi) is 7.75. The zero-order valence-corrected chi connectivity index (χ0v) is 19.9. The van der Waals surface area contributed by atoms with Crippen molar-refractivity contribution >= 4 is 6.03 Å². The van der Waals surface area contributed by atoms with E-state index in [1.54, 1.807) is 30.3 Å². The van der Waals surface area contributed by atoms with Crippen molar-refractivity contribution in [3.8, 4) is 11.5 Å². The molecule has 3 aromatic rings. The Morgan fingerprint density at radius 1 is 0.763 bits per heavy atom. The molecular formula is C27H24F6N2O3. The van der Waals surface area contributed by atoms with Crippen LogP contribution in [0.3, 0.4) is 0 Å². The Morgan fingerprint density at radius 2 is 1.29 bits per heavy atom. The van der Waals surface area contributed by atoms with Crippen LogP contribution in [0.4, 0.5) is 31.1 Å². The summed E-state index contributed by atoms with van der Waals surface area (Å²) in [4.78, 5) is 13.2. The molecule has 0 radical (unpaired) electrons. The monoisotopic (exact) mass is 538 g/mol. The van der Waals surface area contributed by atoms with E-state index in [0.717, 1.165) is 43.5 Å². The number of amides is 2. The van der Waals surface area contributed by atoms with Gasteiger partial charge in [0, 0.05) is 12.5 Å². The van der Waals surface area contributed by atoms with Gasteiger partial charge in [-0.1, -0.05) is 54.6 Å². The van der Waals surface area contributed by atoms with Crippen LogP contribution in [0.5, 0.6) is 11.5 Å². The molecular weight excluding hydrogens is 514 g/mol. The van der Waals surface area contributed by atoms with E-state index in [4.69, 9.17) is 0 Å². The normalized spacial score (nSPS) is 14.4. The number of carbonyl (C=O) groups is 1. The number of urea groups is 1. The molecule has 1 aliphatic carbocycles. The van der Waals surface area contributed by atoms with Crippen molar-refractivity contribution in [2.45, 2.75) is 50.0 Å². The van der Waals surface area contributed by atoms with Crippen LogP contribution in [0.15, 0.2) is 78.9 Å². The van der Waals surface area contributed by atoms with Gasteiger partial charge in [-0.15, -0.1) is 26.3 Å². The summed E-state index contributed by atoms with van der Waals surface area (Å²) in [5, 5.41) is 5.70. The van der Waals surface area contributed by atoms with Gasteiger partial charge in [-0.25, -0.2) is 4.79 Å². The standard InChI is InChI=1S/C27H24F6N2O3/c28-26(29,30)37-22-13-4-9-19(15-22)25(17-18-7-2-1-3-8-18,35-24(36)34-21-11-6-12-21)20-10-5-14-23(16-20)38-27(31,32)33/h1-5,7-10,13-16,21H,6,11-12,17H2,(H2,34,35,36). The topological polar surface area (TPSA) is 59.6 Å². The fourth-order valence-corrected chi connectivity index (χ4v) is 4.35. The van der Waals surface area contributed by atoms with Crippen LogP contribution in [-0.4, -0.2) is 24.8 Å². The third-order valence-electron chi connectivity index (χ3n) is 6.20. The predicted molar refractivity (Wildman–Crippen MR) is 126 cm³/mol. The van der Waals surface area contributed by atoms with Crippen LogP contribution < -0.4 is 20.1 Å². The highest BCUT2D eigenvalue weighted by Crippen LogP contribution is 2.38. The minimum Gasteiger partial charge on any atom is -0.406 e. The number of carbonyl (C=O) groups excluding carboxylic acids is 1. The molecule has 0 heterocycles. The Balaban J connectivity index is 1.87. The van der Waals surface area contributed by atoms with Gasteiger partial charge in [0.15, 0.2) is 0 Å². The molecule has 0 aromatic heterocycles. The Hall–Kier alpha value is -3.89. The molecule has 2 amide bonds. The van der Waals surface area contributed by atoms with Crippen LogP contribution in [0.25, 0.3) is 0 Å². The van der Waals surface area contributed by atoms with E-state index >= 15 is 0 Å². The Morgan fingerprint density at radius 3 is 1.74 bits per heavy atom. The molecule has 202 valence electrons. The number of hydrogen-bond donors (Lipinski definition) is 2. The van der Waals surface area contributed by atoms with Crippen LogP contribution >= 0.6 is 0 Å². The second kappa shape index (κ2) is 10.8. The largest absolute Gasteiger partial charge is 0.573 e. The number of alkyl halides is 6. The Labute approximate surface area is 214 Å². The van der Waals surface area contributed by atoms with Gasteiger partial charge in [-0.05, 0) is 60.2 Å². The van der Waals surface area contributed by atoms with Crippen molar-refractivity contribution in [1.29, 1.82) is 0 Å². The minimum atomic E-state index is -4.98. The molecule has 11 heteroatoms. The third-order valence-corrected chi connectivity index (χ3v) is 6.20. The zero-order chi connectivity index (χ0) is 27.4. The van der Waals surface area contributed by atoms with Crippen molar-refractivity contribution < 1.29 is 40.6 Å². The van der Waals surface area contributed by atoms with Crippen molar-refractivity contribution in [3.05, 3.63) is 95.6 Å². The Bertz CT molecular complexity index is 1180. The first-order valence-electron chi connectivity index (χ1n) is 11.8. The third kappa shape index (κ3) is 7.11. The quantitative estimate of drug-likeness (QED) is 0.310. The van der Waals surface area contributed by atoms with Crippen molar-refractivity contribution in [2.24, 2.45) is 0 Å². The average molecular weight is 538 g/mol. The fraction of sp³-hybridized carbons (Fsp3) is 0.296. The molecule has 0 unspecified atom stereocenters. The molecule has 0 aliphatic heterocycles. The summed E-state index contributed by atoms with van der Waals surface area (Å²) in [7, 11) is 0. The van der Waals surface area contributed by atoms with Crippen molar-refractivity contribution in [1.82, 2.24) is 10.6 Å². The summed E-state index contributed by atoms with van der Waals surface area (Å²) in [5.41, 5.74) is -0.613. The highest BCUT2D eigenvalue weighted by Gasteiger charge is 2.39. The lowest BCUT2D eigenvalue weighted by molar-refractivity contribution is -0.275. The van der Waals surface area contributed by atoms with Gasteiger partial charge in [-0.3, -0.25) is 0 Å². The number of hydrogen-bond acceptors (Lipinski definition) is 3. The van der Waals surface area contributed by atoms with Gasteiger partial charge in [0.05, 0.1) is 5.54 Å². The smallest absolute Gasteiger partial charge is 0.406 e. The minimum absolute atomic E-state index is 0.00311. The lowest BCUT2D eigenvalue weighted by Crippen LogP contribution is -2.55. The first kappa shape index (κ1) is 27.2. The van der Waals surface area contributed by atoms with Crippen molar-refractivity contribution in [3.63, 3.8) is 0 Å². The molecule has 1 fully saturated rings. The van der Waals surface area contributed by atoms with E-state index in [-0.39, 0.29) is 23.6 Å². The number of benzene rings is 3. The summed E-state index contributed by atoms with van der Waals surface area (Å²) >= 11 is 0. The molecule has 0 atom stereocenters. The molecule has 1 aliphatic rings. The van der Waals surface area contributed by atoms with E-state index in [1.807, 2.05) is 0 Å². The lowest BCUT2D eigenvalue weighted by Gasteiger charge is -2.38. The van der Waals surface area contributed by atoms with Crippen LogP contribution in [0.1, 0.15) is 36.0 Å². The fourth-order valence-electron chi connectivity index (χ4n) is 4.35. The van der Waals surface area contributed by atoms with Gasteiger partial charge >= 0.3 is 18.8 Å². The molecule has 0 spiro atoms. The first-order chi connectivity index (χ1) is 17.9. The van der Waals surface area contributed by atoms with Gasteiger partial charge in [0.25, 0.3) is 0 Å². The molecule has 38 heavy (non-hydrogen) atoms. The zero-order valence-electron chi connectivity index (χ0n) is 19.9. The predicted octanol–water partition coefficient (Wildman–Crippen LogP) is 6.82. The highest BCUT2D eigenvalue weighted by atomic mass is 19.4. The number of ether oxygens (including phenoxy) is 2. The second-order valence-corrected chi connectivity index (χ2v) is 8.95. The summed E-state index contributed by atoms with van der Waals surface area (Å²) in [5.74, 6) is -1.09. The van der Waals surface area contributed by atoms with Crippen molar-refractivity contribution in [2.75, 3.05) is 0 Å². The first-order valence-corrected chi connectivity index (χ1v) is 11.8. The van der Waals surface area contributed by atoms with E-state index in [1.165, 1.54) is 24.3 Å². The number of nitrogens with one attached hydrogen (secondary N) is 2. The maximum Gasteiger partial charge on any atom is 0.573 e. The van der Waals surface area contributed by atoms with Crippen LogP contribution in [0.2, 0.25) is 0 Å². The highest BCUT2D eigenvalue weighted by molar-refractivity contribution is 5.76. The maximum atomic E-state index is 13.2.